The van der Waals surface area contributed by atoms with E-state index in [9.17, 15) is 13.6 Å². The number of alkyl halides is 2. The van der Waals surface area contributed by atoms with Gasteiger partial charge >= 0.3 is 0 Å². The first kappa shape index (κ1) is 20.7. The predicted molar refractivity (Wildman–Crippen MR) is 111 cm³/mol. The van der Waals surface area contributed by atoms with E-state index in [4.69, 9.17) is 20.2 Å². The van der Waals surface area contributed by atoms with Gasteiger partial charge in [0.15, 0.2) is 11.5 Å². The van der Waals surface area contributed by atoms with Gasteiger partial charge in [-0.3, -0.25) is 9.69 Å². The SMILES string of the molecule is COC1CCC2(CC1)Cc1ccc(OCC3CC3)cc1C21N=C(N)N(CC(F)F)C1=O. The van der Waals surface area contributed by atoms with Crippen molar-refractivity contribution in [2.45, 2.75) is 63.0 Å². The number of hydrogen-bond donors (Lipinski definition) is 1. The van der Waals surface area contributed by atoms with E-state index >= 15 is 0 Å². The van der Waals surface area contributed by atoms with Gasteiger partial charge in [0.05, 0.1) is 19.3 Å². The summed E-state index contributed by atoms with van der Waals surface area (Å²) in [5, 5.41) is 0. The molecule has 6 nitrogen and oxygen atoms in total. The van der Waals surface area contributed by atoms with Crippen LogP contribution in [0.25, 0.3) is 0 Å². The number of halogens is 2. The van der Waals surface area contributed by atoms with Gasteiger partial charge in [0.2, 0.25) is 0 Å². The molecule has 1 amide bonds. The topological polar surface area (TPSA) is 77.2 Å². The number of nitrogens with zero attached hydrogens (tertiary/aromatic N) is 2. The molecule has 4 aliphatic rings. The van der Waals surface area contributed by atoms with Crippen LogP contribution in [0.4, 0.5) is 8.78 Å². The van der Waals surface area contributed by atoms with Crippen LogP contribution in [0.5, 0.6) is 5.75 Å². The van der Waals surface area contributed by atoms with Gasteiger partial charge in [-0.2, -0.15) is 0 Å². The first-order valence-corrected chi connectivity index (χ1v) is 11.1. The van der Waals surface area contributed by atoms with Gasteiger partial charge in [0.1, 0.15) is 5.75 Å². The minimum absolute atomic E-state index is 0.115. The summed E-state index contributed by atoms with van der Waals surface area (Å²) in [7, 11) is 1.70. The highest BCUT2D eigenvalue weighted by Gasteiger charge is 2.66. The van der Waals surface area contributed by atoms with Crippen molar-refractivity contribution in [2.24, 2.45) is 22.1 Å². The van der Waals surface area contributed by atoms with Gasteiger partial charge in [-0.1, -0.05) is 6.07 Å². The summed E-state index contributed by atoms with van der Waals surface area (Å²) in [6, 6.07) is 5.85. The van der Waals surface area contributed by atoms with Gasteiger partial charge in [0.25, 0.3) is 12.3 Å². The lowest BCUT2D eigenvalue weighted by Crippen LogP contribution is -2.52. The number of carbonyl (C=O) groups excluding carboxylic acids is 1. The van der Waals surface area contributed by atoms with Crippen molar-refractivity contribution in [3.05, 3.63) is 29.3 Å². The molecule has 2 saturated carbocycles. The van der Waals surface area contributed by atoms with E-state index in [2.05, 4.69) is 0 Å². The molecule has 1 aliphatic heterocycles. The van der Waals surface area contributed by atoms with Crippen molar-refractivity contribution in [3.8, 4) is 5.75 Å². The van der Waals surface area contributed by atoms with E-state index in [0.717, 1.165) is 41.7 Å². The highest BCUT2D eigenvalue weighted by molar-refractivity contribution is 6.08. The number of benzene rings is 1. The number of nitrogens with two attached hydrogens (primary N) is 1. The van der Waals surface area contributed by atoms with Crippen LogP contribution in [0.1, 0.15) is 49.7 Å². The number of amides is 1. The number of aliphatic imine (C=N–C) groups is 1. The predicted octanol–water partition coefficient (Wildman–Crippen LogP) is 3.22. The number of rotatable bonds is 6. The molecule has 2 fully saturated rings. The van der Waals surface area contributed by atoms with Crippen LogP contribution < -0.4 is 10.5 Å². The van der Waals surface area contributed by atoms with E-state index in [1.807, 2.05) is 18.2 Å². The second-order valence-corrected chi connectivity index (χ2v) is 9.45. The normalized spacial score (nSPS) is 32.3. The smallest absolute Gasteiger partial charge is 0.262 e. The Kier molecular flexibility index (Phi) is 4.95. The maximum atomic E-state index is 13.8. The molecule has 1 aromatic rings. The van der Waals surface area contributed by atoms with Crippen molar-refractivity contribution in [3.63, 3.8) is 0 Å². The molecule has 1 heterocycles. The number of ether oxygens (including phenoxy) is 2. The summed E-state index contributed by atoms with van der Waals surface area (Å²) >= 11 is 0. The molecule has 0 bridgehead atoms. The Morgan fingerprint density at radius 3 is 2.65 bits per heavy atom. The monoisotopic (exact) mass is 433 g/mol. The lowest BCUT2D eigenvalue weighted by molar-refractivity contribution is -0.139. The fraction of sp³-hybridized carbons (Fsp3) is 0.652. The molecule has 168 valence electrons. The standard InChI is InChI=1S/C23H29F2N3O3/c1-30-16-6-8-22(9-7-16)11-15-4-5-17(31-13-14-2-3-14)10-18(15)23(22)20(29)28(12-19(24)25)21(26)27-23/h4-5,10,14,16,19H,2-3,6-9,11-13H2,1H3,(H2,26,27). The molecule has 0 saturated heterocycles. The van der Waals surface area contributed by atoms with Crippen molar-refractivity contribution in [1.82, 2.24) is 4.90 Å². The van der Waals surface area contributed by atoms with Crippen molar-refractivity contribution >= 4 is 11.9 Å². The molecule has 1 atom stereocenters. The average Bonchev–Trinajstić information content (AvgIpc) is 3.51. The summed E-state index contributed by atoms with van der Waals surface area (Å²) in [5.41, 5.74) is 6.12. The molecule has 0 radical (unpaired) electrons. The zero-order valence-electron chi connectivity index (χ0n) is 17.8. The molecule has 0 aromatic heterocycles. The Labute approximate surface area is 180 Å². The molecule has 8 heteroatoms. The number of hydrogen-bond acceptors (Lipinski definition) is 5. The second-order valence-electron chi connectivity index (χ2n) is 9.45. The Balaban J connectivity index is 1.56. The Bertz CT molecular complexity index is 909. The number of methoxy groups -OCH3 is 1. The zero-order chi connectivity index (χ0) is 21.8. The lowest BCUT2D eigenvalue weighted by Gasteiger charge is -2.45. The van der Waals surface area contributed by atoms with E-state index in [1.54, 1.807) is 7.11 Å². The maximum Gasteiger partial charge on any atom is 0.262 e. The molecular formula is C23H29F2N3O3. The third-order valence-corrected chi connectivity index (χ3v) is 7.61. The first-order chi connectivity index (χ1) is 14.9. The van der Waals surface area contributed by atoms with Crippen molar-refractivity contribution < 1.29 is 23.0 Å². The highest BCUT2D eigenvalue weighted by Crippen LogP contribution is 2.62. The van der Waals surface area contributed by atoms with Crippen LogP contribution >= 0.6 is 0 Å². The summed E-state index contributed by atoms with van der Waals surface area (Å²) in [6.07, 6.45) is 3.55. The van der Waals surface area contributed by atoms with E-state index in [0.29, 0.717) is 24.7 Å². The first-order valence-electron chi connectivity index (χ1n) is 11.1. The third kappa shape index (κ3) is 3.22. The minimum Gasteiger partial charge on any atom is -0.493 e. The van der Waals surface area contributed by atoms with Crippen molar-refractivity contribution in [2.75, 3.05) is 20.3 Å². The summed E-state index contributed by atoms with van der Waals surface area (Å²) in [6.45, 7) is -0.0802. The molecule has 5 rings (SSSR count). The lowest BCUT2D eigenvalue weighted by atomic mass is 9.61. The molecule has 3 aliphatic carbocycles. The summed E-state index contributed by atoms with van der Waals surface area (Å²) in [5.74, 6) is 0.748. The third-order valence-electron chi connectivity index (χ3n) is 7.61. The Hall–Kier alpha value is -2.22. The minimum atomic E-state index is -2.68. The molecule has 2 spiro atoms. The van der Waals surface area contributed by atoms with Crippen LogP contribution in [0.15, 0.2) is 23.2 Å². The number of guanidine groups is 1. The number of carbonyl (C=O) groups is 1. The van der Waals surface area contributed by atoms with Crippen LogP contribution in [0.3, 0.4) is 0 Å². The van der Waals surface area contributed by atoms with Gasteiger partial charge in [-0.05, 0) is 74.1 Å². The van der Waals surface area contributed by atoms with Gasteiger partial charge in [0, 0.05) is 12.5 Å². The fourth-order valence-corrected chi connectivity index (χ4v) is 5.75. The quantitative estimate of drug-likeness (QED) is 0.747. The van der Waals surface area contributed by atoms with Gasteiger partial charge < -0.3 is 15.2 Å². The second kappa shape index (κ2) is 7.43. The molecular weight excluding hydrogens is 404 g/mol. The Morgan fingerprint density at radius 2 is 2.00 bits per heavy atom. The van der Waals surface area contributed by atoms with Crippen LogP contribution in [-0.2, 0) is 21.5 Å². The van der Waals surface area contributed by atoms with Gasteiger partial charge in [-0.15, -0.1) is 0 Å². The summed E-state index contributed by atoms with van der Waals surface area (Å²) < 4.78 is 38.0. The van der Waals surface area contributed by atoms with Crippen molar-refractivity contribution in [1.29, 1.82) is 0 Å². The van der Waals surface area contributed by atoms with E-state index < -0.39 is 29.8 Å². The molecule has 1 aromatic carbocycles. The highest BCUT2D eigenvalue weighted by atomic mass is 19.3. The molecule has 31 heavy (non-hydrogen) atoms. The average molecular weight is 433 g/mol. The largest absolute Gasteiger partial charge is 0.493 e. The maximum absolute atomic E-state index is 13.8. The van der Waals surface area contributed by atoms with E-state index in [1.165, 1.54) is 12.8 Å². The van der Waals surface area contributed by atoms with Crippen LogP contribution in [0.2, 0.25) is 0 Å². The van der Waals surface area contributed by atoms with Crippen LogP contribution in [0, 0.1) is 11.3 Å². The number of fused-ring (bicyclic) bond motifs is 3. The zero-order valence-corrected chi connectivity index (χ0v) is 17.8. The molecule has 1 unspecified atom stereocenters. The Morgan fingerprint density at radius 1 is 1.26 bits per heavy atom. The van der Waals surface area contributed by atoms with E-state index in [-0.39, 0.29) is 12.1 Å². The summed E-state index contributed by atoms with van der Waals surface area (Å²) in [4.78, 5) is 19.4. The fourth-order valence-electron chi connectivity index (χ4n) is 5.75. The van der Waals surface area contributed by atoms with Crippen LogP contribution in [-0.4, -0.2) is 49.6 Å². The molecule has 2 N–H and O–H groups in total. The van der Waals surface area contributed by atoms with Gasteiger partial charge in [-0.25, -0.2) is 13.8 Å².